The molecule has 1 heterocycles. The molecule has 12 heteroatoms. The number of carbonyl (C=O) groups is 2. The summed E-state index contributed by atoms with van der Waals surface area (Å²) in [5.74, 6) is -2.20. The molecule has 2 aromatic carbocycles. The van der Waals surface area contributed by atoms with Crippen LogP contribution in [0.15, 0.2) is 59.8 Å². The lowest BCUT2D eigenvalue weighted by Crippen LogP contribution is -2.56. The number of benzene rings is 2. The van der Waals surface area contributed by atoms with E-state index in [1.54, 1.807) is 24.3 Å². The largest absolute Gasteiger partial charge is 0.475 e. The first-order chi connectivity index (χ1) is 17.4. The summed E-state index contributed by atoms with van der Waals surface area (Å²) in [6.07, 6.45) is -4.18. The van der Waals surface area contributed by atoms with Crippen LogP contribution in [0.4, 0.5) is 13.2 Å². The van der Waals surface area contributed by atoms with Gasteiger partial charge in [0.25, 0.3) is 11.8 Å². The van der Waals surface area contributed by atoms with Crippen LogP contribution in [-0.4, -0.2) is 52.8 Å². The van der Waals surface area contributed by atoms with Crippen molar-refractivity contribution >= 4 is 24.6 Å². The number of oxime groups is 1. The Labute approximate surface area is 213 Å². The predicted octanol–water partition coefficient (Wildman–Crippen LogP) is 2.74. The number of halogens is 3. The third-order valence-electron chi connectivity index (χ3n) is 5.89. The van der Waals surface area contributed by atoms with E-state index >= 15 is 0 Å². The normalized spacial score (nSPS) is 18.1. The number of nitrogens with zero attached hydrogens (tertiary/aromatic N) is 1. The fourth-order valence-corrected chi connectivity index (χ4v) is 4.05. The number of rotatable bonds is 10. The molecule has 0 aliphatic carbocycles. The molecule has 0 aromatic heterocycles. The van der Waals surface area contributed by atoms with Crippen LogP contribution in [0.25, 0.3) is 0 Å². The van der Waals surface area contributed by atoms with E-state index in [9.17, 15) is 32.8 Å². The molecule has 0 spiro atoms. The quantitative estimate of drug-likeness (QED) is 0.360. The Kier molecular flexibility index (Phi) is 8.98. The molecule has 1 aliphatic rings. The van der Waals surface area contributed by atoms with Gasteiger partial charge < -0.3 is 25.5 Å². The zero-order chi connectivity index (χ0) is 27.2. The number of amides is 2. The monoisotopic (exact) mass is 519 g/mol. The fourth-order valence-electron chi connectivity index (χ4n) is 4.05. The highest BCUT2D eigenvalue weighted by Gasteiger charge is 2.48. The van der Waals surface area contributed by atoms with E-state index in [-0.39, 0.29) is 30.9 Å². The van der Waals surface area contributed by atoms with Gasteiger partial charge in [0.1, 0.15) is 0 Å². The Morgan fingerprint density at radius 2 is 1.84 bits per heavy atom. The van der Waals surface area contributed by atoms with Gasteiger partial charge in [0.2, 0.25) is 5.60 Å². The Bertz CT molecular complexity index is 1130. The lowest BCUT2D eigenvalue weighted by molar-refractivity contribution is -0.144. The molecule has 4 N–H and O–H groups in total. The van der Waals surface area contributed by atoms with E-state index in [1.165, 1.54) is 6.07 Å². The van der Waals surface area contributed by atoms with E-state index in [2.05, 4.69) is 15.8 Å². The van der Waals surface area contributed by atoms with E-state index in [0.29, 0.717) is 12.1 Å². The molecule has 0 bridgehead atoms. The van der Waals surface area contributed by atoms with Crippen molar-refractivity contribution in [3.8, 4) is 0 Å². The van der Waals surface area contributed by atoms with Crippen LogP contribution in [0.1, 0.15) is 48.2 Å². The van der Waals surface area contributed by atoms with E-state index in [0.717, 1.165) is 23.8 Å². The van der Waals surface area contributed by atoms with Gasteiger partial charge in [-0.2, -0.15) is 13.2 Å². The van der Waals surface area contributed by atoms with Crippen LogP contribution in [0, 0.1) is 5.92 Å². The lowest BCUT2D eigenvalue weighted by atomic mass is 9.74. The van der Waals surface area contributed by atoms with Crippen molar-refractivity contribution in [3.05, 3.63) is 71.3 Å². The van der Waals surface area contributed by atoms with Gasteiger partial charge in [-0.1, -0.05) is 55.4 Å². The second-order valence-electron chi connectivity index (χ2n) is 9.47. The standard InChI is InChI=1S/C25H29BF3N3O5/c1-16(2)11-21(26(35)36)31-23(34)24(13-17-7-4-3-5-8-17)14-20(32-37-24)15-30-22(33)18-9-6-10-19(12-18)25(27,28)29/h3-10,12,16,21,35-36H,11,13-15H2,1-2H3,(H,30,33)(H,31,34)/t21-,24?/m0/s1. The molecule has 2 aromatic rings. The van der Waals surface area contributed by atoms with Crippen LogP contribution in [0.2, 0.25) is 0 Å². The number of hydrogen-bond donors (Lipinski definition) is 4. The summed E-state index contributed by atoms with van der Waals surface area (Å²) >= 11 is 0. The maximum absolute atomic E-state index is 13.4. The zero-order valence-electron chi connectivity index (χ0n) is 20.5. The maximum atomic E-state index is 13.4. The highest BCUT2D eigenvalue weighted by atomic mass is 19.4. The molecule has 1 aliphatic heterocycles. The van der Waals surface area contributed by atoms with Crippen molar-refractivity contribution in [2.75, 3.05) is 6.54 Å². The van der Waals surface area contributed by atoms with E-state index < -0.39 is 42.2 Å². The maximum Gasteiger partial charge on any atom is 0.475 e. The summed E-state index contributed by atoms with van der Waals surface area (Å²) in [6, 6.07) is 13.1. The summed E-state index contributed by atoms with van der Waals surface area (Å²) in [4.78, 5) is 31.5. The van der Waals surface area contributed by atoms with Crippen LogP contribution in [-0.2, 0) is 22.2 Å². The molecule has 2 amide bonds. The van der Waals surface area contributed by atoms with Gasteiger partial charge in [0.15, 0.2) is 0 Å². The first-order valence-electron chi connectivity index (χ1n) is 11.8. The van der Waals surface area contributed by atoms with Crippen molar-refractivity contribution in [3.63, 3.8) is 0 Å². The molecule has 0 saturated heterocycles. The van der Waals surface area contributed by atoms with Crippen LogP contribution >= 0.6 is 0 Å². The molecular formula is C25H29BF3N3O5. The molecule has 198 valence electrons. The molecule has 0 saturated carbocycles. The summed E-state index contributed by atoms with van der Waals surface area (Å²) in [6.45, 7) is 3.60. The number of carbonyl (C=O) groups excluding carboxylic acids is 2. The fraction of sp³-hybridized carbons (Fsp3) is 0.400. The van der Waals surface area contributed by atoms with Gasteiger partial charge in [-0.15, -0.1) is 0 Å². The number of alkyl halides is 3. The molecular weight excluding hydrogens is 490 g/mol. The van der Waals surface area contributed by atoms with E-state index in [1.807, 2.05) is 19.9 Å². The smallest absolute Gasteiger partial charge is 0.426 e. The zero-order valence-corrected chi connectivity index (χ0v) is 20.5. The van der Waals surface area contributed by atoms with Crippen molar-refractivity contribution < 1.29 is 37.6 Å². The van der Waals surface area contributed by atoms with Gasteiger partial charge >= 0.3 is 13.3 Å². The Morgan fingerprint density at radius 1 is 1.14 bits per heavy atom. The molecule has 0 radical (unpaired) electrons. The van der Waals surface area contributed by atoms with Crippen molar-refractivity contribution in [2.45, 2.75) is 50.8 Å². The SMILES string of the molecule is CC(C)C[C@H](NC(=O)C1(Cc2ccccc2)CC(CNC(=O)c2cccc(C(F)(F)F)c2)=NO1)B(O)O. The average Bonchev–Trinajstić information content (AvgIpc) is 3.26. The molecule has 2 atom stereocenters. The minimum absolute atomic E-state index is 0.0213. The van der Waals surface area contributed by atoms with Gasteiger partial charge in [-0.05, 0) is 36.1 Å². The summed E-state index contributed by atoms with van der Waals surface area (Å²) < 4.78 is 38.9. The highest BCUT2D eigenvalue weighted by molar-refractivity contribution is 6.43. The summed E-state index contributed by atoms with van der Waals surface area (Å²) in [7, 11) is -1.78. The van der Waals surface area contributed by atoms with Crippen molar-refractivity contribution in [2.24, 2.45) is 11.1 Å². The molecule has 8 nitrogen and oxygen atoms in total. The second-order valence-corrected chi connectivity index (χ2v) is 9.47. The van der Waals surface area contributed by atoms with Crippen LogP contribution < -0.4 is 10.6 Å². The van der Waals surface area contributed by atoms with Gasteiger partial charge in [0, 0.05) is 18.4 Å². The lowest BCUT2D eigenvalue weighted by Gasteiger charge is -2.29. The summed E-state index contributed by atoms with van der Waals surface area (Å²) in [5.41, 5.74) is -1.55. The van der Waals surface area contributed by atoms with Gasteiger partial charge in [-0.3, -0.25) is 9.59 Å². The number of hydrogen-bond acceptors (Lipinski definition) is 6. The van der Waals surface area contributed by atoms with Gasteiger partial charge in [-0.25, -0.2) is 0 Å². The highest BCUT2D eigenvalue weighted by Crippen LogP contribution is 2.31. The van der Waals surface area contributed by atoms with Gasteiger partial charge in [0.05, 0.1) is 23.8 Å². The van der Waals surface area contributed by atoms with Crippen LogP contribution in [0.3, 0.4) is 0 Å². The second kappa shape index (κ2) is 11.8. The molecule has 37 heavy (non-hydrogen) atoms. The Morgan fingerprint density at radius 3 is 2.46 bits per heavy atom. The minimum atomic E-state index is -4.58. The molecule has 3 rings (SSSR count). The predicted molar refractivity (Wildman–Crippen MR) is 131 cm³/mol. The third kappa shape index (κ3) is 7.56. The van der Waals surface area contributed by atoms with Crippen LogP contribution in [0.5, 0.6) is 0 Å². The molecule has 1 unspecified atom stereocenters. The topological polar surface area (TPSA) is 120 Å². The summed E-state index contributed by atoms with van der Waals surface area (Å²) in [5, 5.41) is 28.7. The first-order valence-corrected chi connectivity index (χ1v) is 11.8. The Balaban J connectivity index is 1.73. The number of nitrogens with one attached hydrogen (secondary N) is 2. The Hall–Kier alpha value is -3.38. The minimum Gasteiger partial charge on any atom is -0.426 e. The van der Waals surface area contributed by atoms with Crippen molar-refractivity contribution in [1.82, 2.24) is 10.6 Å². The first kappa shape index (κ1) is 28.2. The molecule has 0 fully saturated rings. The van der Waals surface area contributed by atoms with Crippen molar-refractivity contribution in [1.29, 1.82) is 0 Å². The van der Waals surface area contributed by atoms with E-state index in [4.69, 9.17) is 4.84 Å². The third-order valence-corrected chi connectivity index (χ3v) is 5.89. The average molecular weight is 519 g/mol.